The number of aromatic nitrogens is 3. The van der Waals surface area contributed by atoms with Gasteiger partial charge in [-0.3, -0.25) is 0 Å². The van der Waals surface area contributed by atoms with Crippen molar-refractivity contribution < 1.29 is 33.7 Å². The largest absolute Gasteiger partial charge is 0.357 e. The van der Waals surface area contributed by atoms with Crippen LogP contribution in [0.4, 0.5) is 0 Å². The van der Waals surface area contributed by atoms with E-state index in [-0.39, 0.29) is 19.6 Å². The number of hydrogen-bond acceptors (Lipinski definition) is 9. The number of nitrogens with one attached hydrogen (secondary N) is 3. The molecule has 1 unspecified atom stereocenters. The molecule has 4 aromatic carbocycles. The average molecular weight is 1100 g/mol. The molecule has 5 heterocycles. The van der Waals surface area contributed by atoms with Gasteiger partial charge >= 0.3 is 0 Å². The predicted molar refractivity (Wildman–Crippen MR) is 297 cm³/mol. The van der Waals surface area contributed by atoms with E-state index < -0.39 is 46.0 Å². The van der Waals surface area contributed by atoms with Gasteiger partial charge in [-0.05, 0) is 221 Å². The van der Waals surface area contributed by atoms with Crippen LogP contribution >= 0.6 is 0 Å². The first-order valence-corrected chi connectivity index (χ1v) is 30.3. The first-order chi connectivity index (χ1) is 35.2. The SMILES string of the molecule is Cc1cc(C)c(S(N)(=O)=O)c(C)c1C1=C2C=CC(=N2)C(c2c(C)cc(C)c(S(N)(=O)=O)c2C)=c2ccc([nH]2)=C(c2c(C)cc(C)c(S(N)(=O)=O)c2C)c2ccc([nH]2)C(c2c(C)cc(C)c(S(N)(=O)=O)c2C)c2ccc1[nH]2. The van der Waals surface area contributed by atoms with E-state index >= 15 is 0 Å². The molecule has 0 saturated carbocycles. The molecule has 0 saturated heterocycles. The van der Waals surface area contributed by atoms with Gasteiger partial charge in [-0.1, -0.05) is 24.3 Å². The van der Waals surface area contributed by atoms with Crippen LogP contribution < -0.4 is 31.3 Å². The molecule has 20 heteroatoms. The Hall–Kier alpha value is -6.75. The summed E-state index contributed by atoms with van der Waals surface area (Å²) in [5, 5.41) is 24.8. The minimum absolute atomic E-state index is 0.0177. The van der Waals surface area contributed by atoms with E-state index in [1.54, 1.807) is 79.7 Å². The maximum atomic E-state index is 13.4. The topological polar surface area (TPSA) is 300 Å². The van der Waals surface area contributed by atoms with Crippen molar-refractivity contribution in [1.82, 2.24) is 15.0 Å². The Kier molecular flexibility index (Phi) is 13.1. The molecule has 0 amide bonds. The molecule has 0 aliphatic carbocycles. The molecule has 8 bridgehead atoms. The highest BCUT2D eigenvalue weighted by Crippen LogP contribution is 2.44. The lowest BCUT2D eigenvalue weighted by atomic mass is 9.85. The van der Waals surface area contributed by atoms with Crippen LogP contribution in [0.3, 0.4) is 0 Å². The fourth-order valence-electron chi connectivity index (χ4n) is 12.5. The standard InChI is InChI=1S/C56H60N8O8S4/c1-25-21-29(5)53(73(57,65)66)33(9)45(25)49-37-13-15-39(61-37)50(46-26(2)22-30(6)54(34(46)10)74(58,67)68)41-17-19-43(63-41)52(48-28(4)24-32(8)56(36(48)12)76(60,71)72)44-20-18-42(64-44)51(40-16-14-38(49)62-40)47-27(3)23-31(7)55(35(47)11)75(59,69)70/h13-24,49,61-63H,1-12H3,(H2,57,65,66)(H2,58,67,68)(H2,59,69,70)(H2,60,71,72). The van der Waals surface area contributed by atoms with Crippen LogP contribution in [0.25, 0.3) is 16.7 Å². The number of aryl methyl sites for hydroxylation is 8. The van der Waals surface area contributed by atoms with E-state index in [0.29, 0.717) is 134 Å². The van der Waals surface area contributed by atoms with E-state index in [9.17, 15) is 33.7 Å². The summed E-state index contributed by atoms with van der Waals surface area (Å²) in [6.45, 7) is 21.1. The van der Waals surface area contributed by atoms with Gasteiger partial charge in [0.1, 0.15) is 0 Å². The number of allylic oxidation sites excluding steroid dienone is 2. The van der Waals surface area contributed by atoms with E-state index in [1.807, 2.05) is 76.2 Å². The van der Waals surface area contributed by atoms with Crippen molar-refractivity contribution in [2.45, 2.75) is 109 Å². The summed E-state index contributed by atoms with van der Waals surface area (Å²) in [7, 11) is -17.0. The summed E-state index contributed by atoms with van der Waals surface area (Å²) in [5.41, 5.74) is 13.3. The van der Waals surface area contributed by atoms with Crippen molar-refractivity contribution in [3.05, 3.63) is 201 Å². The van der Waals surface area contributed by atoms with Gasteiger partial charge in [0.2, 0.25) is 40.1 Å². The Morgan fingerprint density at radius 1 is 0.395 bits per heavy atom. The number of sulfonamides is 4. The molecule has 9 rings (SSSR count). The molecule has 0 fully saturated rings. The van der Waals surface area contributed by atoms with E-state index in [2.05, 4.69) is 15.0 Å². The fraction of sp³-hybridized carbons (Fsp3) is 0.232. The lowest BCUT2D eigenvalue weighted by Gasteiger charge is -2.24. The summed E-state index contributed by atoms with van der Waals surface area (Å²) >= 11 is 0. The summed E-state index contributed by atoms with van der Waals surface area (Å²) in [5.74, 6) is -0.748. The Labute approximate surface area is 443 Å². The van der Waals surface area contributed by atoms with Crippen molar-refractivity contribution in [3.8, 4) is 0 Å². The van der Waals surface area contributed by atoms with Gasteiger partial charge in [-0.25, -0.2) is 59.2 Å². The number of aliphatic imine (C=N–C) groups is 1. The average Bonchev–Trinajstić information content (AvgIpc) is 4.12. The summed E-state index contributed by atoms with van der Waals surface area (Å²) < 4.78 is 107. The van der Waals surface area contributed by atoms with Crippen LogP contribution in [-0.4, -0.2) is 54.3 Å². The summed E-state index contributed by atoms with van der Waals surface area (Å²) in [6.07, 6.45) is 3.63. The van der Waals surface area contributed by atoms with E-state index in [4.69, 9.17) is 25.5 Å². The predicted octanol–water partition coefficient (Wildman–Crippen LogP) is 6.37. The van der Waals surface area contributed by atoms with Crippen LogP contribution in [0.15, 0.2) is 103 Å². The molecule has 2 aliphatic rings. The number of benzene rings is 4. The highest BCUT2D eigenvalue weighted by atomic mass is 32.2. The number of aromatic amines is 3. The van der Waals surface area contributed by atoms with Crippen molar-refractivity contribution in [1.29, 1.82) is 0 Å². The number of hydrogen-bond donors (Lipinski definition) is 7. The van der Waals surface area contributed by atoms with E-state index in [1.165, 1.54) is 0 Å². The molecule has 0 spiro atoms. The van der Waals surface area contributed by atoms with Gasteiger partial charge in [-0.2, -0.15) is 0 Å². The number of primary sulfonamides is 4. The lowest BCUT2D eigenvalue weighted by Crippen LogP contribution is -2.23. The Bertz CT molecular complexity index is 4480. The molecule has 76 heavy (non-hydrogen) atoms. The summed E-state index contributed by atoms with van der Waals surface area (Å²) in [4.78, 5) is 16.3. The second-order valence-electron chi connectivity index (χ2n) is 20.3. The third-order valence-electron chi connectivity index (χ3n) is 14.8. The zero-order valence-corrected chi connectivity index (χ0v) is 47.4. The second kappa shape index (κ2) is 18.5. The molecule has 0 radical (unpaired) electrons. The van der Waals surface area contributed by atoms with Gasteiger partial charge < -0.3 is 15.0 Å². The molecule has 11 N–H and O–H groups in total. The molecule has 1 atom stereocenters. The highest BCUT2D eigenvalue weighted by Gasteiger charge is 2.33. The molecule has 16 nitrogen and oxygen atoms in total. The molecule has 396 valence electrons. The quantitative estimate of drug-likeness (QED) is 0.0895. The van der Waals surface area contributed by atoms with Crippen LogP contribution in [0.1, 0.15) is 118 Å². The van der Waals surface area contributed by atoms with Crippen LogP contribution in [0, 0.1) is 83.1 Å². The van der Waals surface area contributed by atoms with Crippen molar-refractivity contribution >= 4 is 62.5 Å². The minimum atomic E-state index is -4.26. The van der Waals surface area contributed by atoms with E-state index in [0.717, 1.165) is 16.7 Å². The van der Waals surface area contributed by atoms with Crippen LogP contribution in [-0.2, 0) is 40.1 Å². The maximum absolute atomic E-state index is 13.4. The van der Waals surface area contributed by atoms with Gasteiger partial charge in [0.05, 0.1) is 36.9 Å². The lowest BCUT2D eigenvalue weighted by molar-refractivity contribution is 0.594. The third-order valence-corrected chi connectivity index (χ3v) is 19.6. The number of H-pyrrole nitrogens is 3. The molecule has 7 aromatic rings. The Morgan fingerprint density at radius 3 is 1.17 bits per heavy atom. The van der Waals surface area contributed by atoms with Crippen molar-refractivity contribution in [2.75, 3.05) is 0 Å². The van der Waals surface area contributed by atoms with Gasteiger partial charge in [0, 0.05) is 50.2 Å². The minimum Gasteiger partial charge on any atom is -0.357 e. The van der Waals surface area contributed by atoms with Crippen LogP contribution in [0.5, 0.6) is 0 Å². The number of fused-ring (bicyclic) bond motifs is 7. The van der Waals surface area contributed by atoms with Crippen molar-refractivity contribution in [2.24, 2.45) is 25.5 Å². The summed E-state index contributed by atoms with van der Waals surface area (Å²) in [6, 6.07) is 18.3. The highest BCUT2D eigenvalue weighted by molar-refractivity contribution is 7.90. The Balaban J connectivity index is 1.55. The number of nitrogens with two attached hydrogens (primary N) is 4. The van der Waals surface area contributed by atoms with Gasteiger partial charge in [0.25, 0.3) is 0 Å². The fourth-order valence-corrected chi connectivity index (χ4v) is 16.7. The monoisotopic (exact) mass is 1100 g/mol. The molecular formula is C56H60N8O8S4. The Morgan fingerprint density at radius 2 is 0.750 bits per heavy atom. The third kappa shape index (κ3) is 8.98. The van der Waals surface area contributed by atoms with Gasteiger partial charge in [0.15, 0.2) is 0 Å². The zero-order valence-electron chi connectivity index (χ0n) is 44.2. The second-order valence-corrected chi connectivity index (χ2v) is 26.3. The molecule has 3 aromatic heterocycles. The van der Waals surface area contributed by atoms with Crippen LogP contribution in [0.2, 0.25) is 0 Å². The van der Waals surface area contributed by atoms with Gasteiger partial charge in [-0.15, -0.1) is 0 Å². The first kappa shape index (κ1) is 54.1. The normalized spacial score (nSPS) is 15.3. The first-order valence-electron chi connectivity index (χ1n) is 24.1. The molecular weight excluding hydrogens is 1040 g/mol. The molecule has 2 aliphatic heterocycles. The maximum Gasteiger partial charge on any atom is 0.238 e. The van der Waals surface area contributed by atoms with Crippen molar-refractivity contribution in [3.63, 3.8) is 0 Å². The number of rotatable bonds is 8. The smallest absolute Gasteiger partial charge is 0.238 e. The number of nitrogens with zero attached hydrogens (tertiary/aromatic N) is 1. The zero-order chi connectivity index (χ0) is 55.8.